The Hall–Kier alpha value is -3.14. The number of hydrogen-bond donors (Lipinski definition) is 0. The SMILES string of the molecule is Cc1ccc(C(=O)N2CC3(C2)C(c2nc(-c4ccncc4)no2)CCS3(=O)=O)cn1. The molecule has 3 aromatic rings. The fourth-order valence-electron chi connectivity index (χ4n) is 4.24. The smallest absolute Gasteiger partial charge is 0.255 e. The summed E-state index contributed by atoms with van der Waals surface area (Å²) in [5.74, 6) is 0.0678. The van der Waals surface area contributed by atoms with E-state index in [9.17, 15) is 13.2 Å². The van der Waals surface area contributed by atoms with Crippen LogP contribution in [0.2, 0.25) is 0 Å². The Bertz CT molecular complexity index is 1200. The molecule has 2 fully saturated rings. The maximum Gasteiger partial charge on any atom is 0.255 e. The van der Waals surface area contributed by atoms with Crippen molar-refractivity contribution in [2.45, 2.75) is 24.0 Å². The Balaban J connectivity index is 1.41. The summed E-state index contributed by atoms with van der Waals surface area (Å²) >= 11 is 0. The van der Waals surface area contributed by atoms with E-state index in [2.05, 4.69) is 20.1 Å². The van der Waals surface area contributed by atoms with E-state index in [4.69, 9.17) is 4.52 Å². The number of rotatable bonds is 3. The number of nitrogens with zero attached hydrogens (tertiary/aromatic N) is 5. The fourth-order valence-corrected chi connectivity index (χ4v) is 6.55. The van der Waals surface area contributed by atoms with Crippen LogP contribution in [0.25, 0.3) is 11.4 Å². The van der Waals surface area contributed by atoms with Crippen LogP contribution in [0.4, 0.5) is 0 Å². The Morgan fingerprint density at radius 2 is 1.97 bits per heavy atom. The molecule has 5 rings (SSSR count). The Kier molecular flexibility index (Phi) is 4.21. The predicted octanol–water partition coefficient (Wildman–Crippen LogP) is 1.63. The summed E-state index contributed by atoms with van der Waals surface area (Å²) in [6, 6.07) is 6.98. The molecule has 2 aliphatic heterocycles. The van der Waals surface area contributed by atoms with Crippen molar-refractivity contribution in [3.05, 3.63) is 60.0 Å². The minimum absolute atomic E-state index is 0.0404. The molecule has 154 valence electrons. The maximum absolute atomic E-state index is 12.9. The number of aromatic nitrogens is 4. The lowest BCUT2D eigenvalue weighted by molar-refractivity contribution is 0.0503. The third kappa shape index (κ3) is 2.82. The number of aryl methyl sites for hydroxylation is 1. The van der Waals surface area contributed by atoms with Crippen molar-refractivity contribution in [1.29, 1.82) is 0 Å². The minimum atomic E-state index is -3.41. The Morgan fingerprint density at radius 1 is 1.20 bits per heavy atom. The van der Waals surface area contributed by atoms with Crippen LogP contribution in [-0.2, 0) is 9.84 Å². The summed E-state index contributed by atoms with van der Waals surface area (Å²) < 4.78 is 30.2. The molecular formula is C20H19N5O4S. The zero-order valence-corrected chi connectivity index (χ0v) is 17.0. The summed E-state index contributed by atoms with van der Waals surface area (Å²) in [5.41, 5.74) is 2.00. The van der Waals surface area contributed by atoms with Crippen molar-refractivity contribution < 1.29 is 17.7 Å². The second-order valence-corrected chi connectivity index (χ2v) is 10.2. The molecule has 3 aromatic heterocycles. The number of carbonyl (C=O) groups is 1. The molecule has 10 heteroatoms. The summed E-state index contributed by atoms with van der Waals surface area (Å²) in [6.07, 6.45) is 5.17. The second-order valence-electron chi connectivity index (χ2n) is 7.77. The van der Waals surface area contributed by atoms with Gasteiger partial charge in [0.25, 0.3) is 5.91 Å². The van der Waals surface area contributed by atoms with Gasteiger partial charge in [-0.2, -0.15) is 4.98 Å². The number of carbonyl (C=O) groups excluding carboxylic acids is 1. The molecule has 9 nitrogen and oxygen atoms in total. The van der Waals surface area contributed by atoms with Gasteiger partial charge in [-0.15, -0.1) is 0 Å². The summed E-state index contributed by atoms with van der Waals surface area (Å²) in [4.78, 5) is 26.9. The molecule has 1 spiro atoms. The summed E-state index contributed by atoms with van der Waals surface area (Å²) in [7, 11) is -3.41. The van der Waals surface area contributed by atoms with Crippen LogP contribution in [0.3, 0.4) is 0 Å². The average Bonchev–Trinajstić information content (AvgIpc) is 3.29. The van der Waals surface area contributed by atoms with Gasteiger partial charge in [0.1, 0.15) is 4.75 Å². The van der Waals surface area contributed by atoms with E-state index in [1.165, 1.54) is 6.20 Å². The number of likely N-dealkylation sites (tertiary alicyclic amines) is 1. The molecule has 0 N–H and O–H groups in total. The fraction of sp³-hybridized carbons (Fsp3) is 0.350. The molecule has 0 saturated carbocycles. The normalized spacial score (nSPS) is 21.5. The molecule has 0 bridgehead atoms. The highest BCUT2D eigenvalue weighted by Gasteiger charge is 2.64. The van der Waals surface area contributed by atoms with Crippen molar-refractivity contribution in [3.8, 4) is 11.4 Å². The van der Waals surface area contributed by atoms with E-state index < -0.39 is 20.5 Å². The lowest BCUT2D eigenvalue weighted by Gasteiger charge is -2.48. The van der Waals surface area contributed by atoms with E-state index in [0.717, 1.165) is 11.3 Å². The van der Waals surface area contributed by atoms with Gasteiger partial charge in [0.2, 0.25) is 11.7 Å². The molecule has 1 atom stereocenters. The van der Waals surface area contributed by atoms with Crippen LogP contribution in [0.15, 0.2) is 47.4 Å². The molecule has 0 radical (unpaired) electrons. The molecular weight excluding hydrogens is 406 g/mol. The van der Waals surface area contributed by atoms with Gasteiger partial charge in [-0.3, -0.25) is 14.8 Å². The number of pyridine rings is 2. The van der Waals surface area contributed by atoms with Gasteiger partial charge in [0.05, 0.1) is 17.2 Å². The molecule has 2 aliphatic rings. The number of sulfone groups is 1. The van der Waals surface area contributed by atoms with E-state index >= 15 is 0 Å². The van der Waals surface area contributed by atoms with Crippen LogP contribution in [0, 0.1) is 6.92 Å². The Labute approximate surface area is 173 Å². The topological polar surface area (TPSA) is 119 Å². The first-order chi connectivity index (χ1) is 14.4. The molecule has 1 unspecified atom stereocenters. The molecule has 30 heavy (non-hydrogen) atoms. The van der Waals surface area contributed by atoms with Crippen molar-refractivity contribution in [2.24, 2.45) is 0 Å². The molecule has 1 amide bonds. The molecule has 0 aliphatic carbocycles. The first kappa shape index (κ1) is 18.9. The minimum Gasteiger partial charge on any atom is -0.339 e. The second kappa shape index (κ2) is 6.69. The van der Waals surface area contributed by atoms with Crippen LogP contribution in [0.5, 0.6) is 0 Å². The highest BCUT2D eigenvalue weighted by atomic mass is 32.2. The third-order valence-electron chi connectivity index (χ3n) is 5.97. The average molecular weight is 425 g/mol. The van der Waals surface area contributed by atoms with Crippen LogP contribution < -0.4 is 0 Å². The van der Waals surface area contributed by atoms with Gasteiger partial charge in [-0.25, -0.2) is 8.42 Å². The predicted molar refractivity (Wildman–Crippen MR) is 106 cm³/mol. The monoisotopic (exact) mass is 425 g/mol. The first-order valence-corrected chi connectivity index (χ1v) is 11.2. The zero-order valence-electron chi connectivity index (χ0n) is 16.2. The van der Waals surface area contributed by atoms with Crippen LogP contribution >= 0.6 is 0 Å². The van der Waals surface area contributed by atoms with Gasteiger partial charge in [-0.05, 0) is 37.6 Å². The molecule has 2 saturated heterocycles. The lowest BCUT2D eigenvalue weighted by atomic mass is 9.82. The molecule has 5 heterocycles. The van der Waals surface area contributed by atoms with Crippen LogP contribution in [0.1, 0.15) is 34.3 Å². The maximum atomic E-state index is 12.9. The van der Waals surface area contributed by atoms with Crippen molar-refractivity contribution in [1.82, 2.24) is 25.0 Å². The summed E-state index contributed by atoms with van der Waals surface area (Å²) in [6.45, 7) is 2.06. The highest BCUT2D eigenvalue weighted by Crippen LogP contribution is 2.49. The van der Waals surface area contributed by atoms with Gasteiger partial charge in [0, 0.05) is 42.9 Å². The van der Waals surface area contributed by atoms with E-state index in [1.54, 1.807) is 41.6 Å². The third-order valence-corrected chi connectivity index (χ3v) is 8.53. The standard InChI is InChI=1S/C20H19N5O4S/c1-13-2-3-15(10-22-13)19(26)25-11-20(12-25)16(6-9-30(20,27)28)18-23-17(24-29-18)14-4-7-21-8-5-14/h2-5,7-8,10,16H,6,9,11-12H2,1H3. The van der Waals surface area contributed by atoms with Gasteiger partial charge < -0.3 is 9.42 Å². The van der Waals surface area contributed by atoms with Crippen molar-refractivity contribution in [2.75, 3.05) is 18.8 Å². The summed E-state index contributed by atoms with van der Waals surface area (Å²) in [5, 5.41) is 4.02. The molecule has 0 aromatic carbocycles. The van der Waals surface area contributed by atoms with Gasteiger partial charge in [-0.1, -0.05) is 5.16 Å². The largest absolute Gasteiger partial charge is 0.339 e. The van der Waals surface area contributed by atoms with E-state index in [0.29, 0.717) is 23.7 Å². The highest BCUT2D eigenvalue weighted by molar-refractivity contribution is 7.93. The zero-order chi connectivity index (χ0) is 20.9. The number of hydrogen-bond acceptors (Lipinski definition) is 8. The Morgan fingerprint density at radius 3 is 2.67 bits per heavy atom. The van der Waals surface area contributed by atoms with Crippen molar-refractivity contribution in [3.63, 3.8) is 0 Å². The van der Waals surface area contributed by atoms with Crippen LogP contribution in [-0.4, -0.2) is 62.9 Å². The number of amides is 1. The van der Waals surface area contributed by atoms with Gasteiger partial charge in [0.15, 0.2) is 9.84 Å². The lowest BCUT2D eigenvalue weighted by Crippen LogP contribution is -2.67. The first-order valence-electron chi connectivity index (χ1n) is 9.58. The van der Waals surface area contributed by atoms with Crippen molar-refractivity contribution >= 4 is 15.7 Å². The van der Waals surface area contributed by atoms with E-state index in [-0.39, 0.29) is 24.7 Å². The van der Waals surface area contributed by atoms with E-state index in [1.807, 2.05) is 6.92 Å². The quantitative estimate of drug-likeness (QED) is 0.621. The van der Waals surface area contributed by atoms with Gasteiger partial charge >= 0.3 is 0 Å².